The van der Waals surface area contributed by atoms with Gasteiger partial charge in [-0.25, -0.2) is 4.98 Å². The van der Waals surface area contributed by atoms with Crippen LogP contribution in [0, 0.1) is 0 Å². The van der Waals surface area contributed by atoms with Crippen molar-refractivity contribution in [3.63, 3.8) is 0 Å². The molecular weight excluding hydrogens is 240 g/mol. The van der Waals surface area contributed by atoms with E-state index in [-0.39, 0.29) is 0 Å². The molecule has 1 saturated heterocycles. The summed E-state index contributed by atoms with van der Waals surface area (Å²) in [4.78, 5) is 13.0. The van der Waals surface area contributed by atoms with Gasteiger partial charge in [0.25, 0.3) is 0 Å². The minimum atomic E-state index is 0.438. The third-order valence-electron chi connectivity index (χ3n) is 3.41. The maximum Gasteiger partial charge on any atom is 0.226 e. The van der Waals surface area contributed by atoms with Crippen LogP contribution < -0.4 is 9.80 Å². The summed E-state index contributed by atoms with van der Waals surface area (Å²) in [5, 5.41) is 4.32. The second-order valence-corrected chi connectivity index (χ2v) is 4.98. The monoisotopic (exact) mass is 258 g/mol. The third kappa shape index (κ3) is 2.38. The molecule has 19 heavy (non-hydrogen) atoms. The zero-order valence-corrected chi connectivity index (χ0v) is 11.3. The Kier molecular flexibility index (Phi) is 3.06. The van der Waals surface area contributed by atoms with E-state index in [4.69, 9.17) is 0 Å². The SMILES string of the molecule is CN(C)c1nccc(N2CCC(n3cccn3)C2)n1. The lowest BCUT2D eigenvalue weighted by atomic mass is 10.3. The maximum absolute atomic E-state index is 4.58. The summed E-state index contributed by atoms with van der Waals surface area (Å²) >= 11 is 0. The lowest BCUT2D eigenvalue weighted by molar-refractivity contribution is 0.494. The zero-order chi connectivity index (χ0) is 13.2. The third-order valence-corrected chi connectivity index (χ3v) is 3.41. The van der Waals surface area contributed by atoms with E-state index in [0.29, 0.717) is 6.04 Å². The molecule has 0 aromatic carbocycles. The lowest BCUT2D eigenvalue weighted by Crippen LogP contribution is -2.23. The Balaban J connectivity index is 1.76. The number of hydrogen-bond donors (Lipinski definition) is 0. The van der Waals surface area contributed by atoms with Crippen molar-refractivity contribution >= 4 is 11.8 Å². The molecule has 0 radical (unpaired) electrons. The standard InChI is InChI=1S/C13H18N6/c1-17(2)13-14-7-4-12(16-13)18-9-5-11(10-18)19-8-3-6-15-19/h3-4,6-8,11H,5,9-10H2,1-2H3. The van der Waals surface area contributed by atoms with E-state index in [1.807, 2.05) is 54.4 Å². The van der Waals surface area contributed by atoms with Crippen molar-refractivity contribution in [2.24, 2.45) is 0 Å². The normalized spacial score (nSPS) is 18.8. The highest BCUT2D eigenvalue weighted by atomic mass is 15.3. The first kappa shape index (κ1) is 12.0. The van der Waals surface area contributed by atoms with Crippen molar-refractivity contribution in [1.29, 1.82) is 0 Å². The second-order valence-electron chi connectivity index (χ2n) is 4.98. The van der Waals surface area contributed by atoms with Crippen LogP contribution >= 0.6 is 0 Å². The number of nitrogens with zero attached hydrogens (tertiary/aromatic N) is 6. The van der Waals surface area contributed by atoms with Crippen LogP contribution in [0.2, 0.25) is 0 Å². The molecule has 3 heterocycles. The summed E-state index contributed by atoms with van der Waals surface area (Å²) in [7, 11) is 3.91. The van der Waals surface area contributed by atoms with E-state index in [1.54, 1.807) is 0 Å². The van der Waals surface area contributed by atoms with E-state index < -0.39 is 0 Å². The van der Waals surface area contributed by atoms with E-state index in [1.165, 1.54) is 0 Å². The summed E-state index contributed by atoms with van der Waals surface area (Å²) in [6.45, 7) is 1.96. The lowest BCUT2D eigenvalue weighted by Gasteiger charge is -2.19. The van der Waals surface area contributed by atoms with Crippen LogP contribution in [0.15, 0.2) is 30.7 Å². The van der Waals surface area contributed by atoms with Gasteiger partial charge in [0.05, 0.1) is 6.04 Å². The summed E-state index contributed by atoms with van der Waals surface area (Å²) in [5.74, 6) is 1.74. The molecule has 0 bridgehead atoms. The van der Waals surface area contributed by atoms with Gasteiger partial charge in [-0.3, -0.25) is 4.68 Å². The molecule has 100 valence electrons. The van der Waals surface area contributed by atoms with Gasteiger partial charge in [0, 0.05) is 45.8 Å². The van der Waals surface area contributed by atoms with Crippen molar-refractivity contribution in [2.45, 2.75) is 12.5 Å². The van der Waals surface area contributed by atoms with Gasteiger partial charge in [0.15, 0.2) is 0 Å². The van der Waals surface area contributed by atoms with Crippen molar-refractivity contribution in [3.05, 3.63) is 30.7 Å². The molecule has 0 N–H and O–H groups in total. The summed E-state index contributed by atoms with van der Waals surface area (Å²) in [6.07, 6.45) is 6.78. The first-order chi connectivity index (χ1) is 9.24. The molecule has 1 aliphatic rings. The highest BCUT2D eigenvalue weighted by Crippen LogP contribution is 2.25. The number of rotatable bonds is 3. The predicted octanol–water partition coefficient (Wildman–Crippen LogP) is 1.19. The Bertz CT molecular complexity index is 536. The highest BCUT2D eigenvalue weighted by molar-refractivity contribution is 5.44. The Labute approximate surface area is 112 Å². The number of hydrogen-bond acceptors (Lipinski definition) is 5. The Morgan fingerprint density at radius 1 is 1.32 bits per heavy atom. The van der Waals surface area contributed by atoms with Crippen LogP contribution in [0.1, 0.15) is 12.5 Å². The number of anilines is 2. The van der Waals surface area contributed by atoms with Crippen LogP contribution in [-0.2, 0) is 0 Å². The summed E-state index contributed by atoms with van der Waals surface area (Å²) in [5.41, 5.74) is 0. The van der Waals surface area contributed by atoms with Crippen molar-refractivity contribution in [2.75, 3.05) is 37.0 Å². The first-order valence-electron chi connectivity index (χ1n) is 6.48. The Morgan fingerprint density at radius 2 is 2.21 bits per heavy atom. The highest BCUT2D eigenvalue weighted by Gasteiger charge is 2.25. The molecule has 1 unspecified atom stereocenters. The van der Waals surface area contributed by atoms with Gasteiger partial charge >= 0.3 is 0 Å². The van der Waals surface area contributed by atoms with Gasteiger partial charge in [-0.2, -0.15) is 10.1 Å². The van der Waals surface area contributed by atoms with Gasteiger partial charge in [0.2, 0.25) is 5.95 Å². The average Bonchev–Trinajstić information content (AvgIpc) is 3.09. The maximum atomic E-state index is 4.58. The van der Waals surface area contributed by atoms with Crippen molar-refractivity contribution < 1.29 is 0 Å². The second kappa shape index (κ2) is 4.87. The minimum absolute atomic E-state index is 0.438. The van der Waals surface area contributed by atoms with Gasteiger partial charge in [-0.1, -0.05) is 0 Å². The van der Waals surface area contributed by atoms with Crippen LogP contribution in [0.5, 0.6) is 0 Å². The van der Waals surface area contributed by atoms with E-state index in [0.717, 1.165) is 31.3 Å². The zero-order valence-electron chi connectivity index (χ0n) is 11.3. The van der Waals surface area contributed by atoms with Gasteiger partial charge in [-0.15, -0.1) is 0 Å². The predicted molar refractivity (Wildman–Crippen MR) is 74.5 cm³/mol. The molecule has 0 saturated carbocycles. The van der Waals surface area contributed by atoms with Crippen LogP contribution in [0.25, 0.3) is 0 Å². The van der Waals surface area contributed by atoms with Gasteiger partial charge in [-0.05, 0) is 18.6 Å². The fourth-order valence-corrected chi connectivity index (χ4v) is 2.39. The van der Waals surface area contributed by atoms with Crippen LogP contribution in [0.4, 0.5) is 11.8 Å². The smallest absolute Gasteiger partial charge is 0.226 e. The molecule has 6 nitrogen and oxygen atoms in total. The molecular formula is C13H18N6. The van der Waals surface area contributed by atoms with E-state index >= 15 is 0 Å². The van der Waals surface area contributed by atoms with E-state index in [9.17, 15) is 0 Å². The molecule has 0 aliphatic carbocycles. The fourth-order valence-electron chi connectivity index (χ4n) is 2.39. The molecule has 1 fully saturated rings. The molecule has 1 atom stereocenters. The Morgan fingerprint density at radius 3 is 2.95 bits per heavy atom. The average molecular weight is 258 g/mol. The Hall–Kier alpha value is -2.11. The molecule has 2 aromatic heterocycles. The van der Waals surface area contributed by atoms with Crippen molar-refractivity contribution in [1.82, 2.24) is 19.7 Å². The van der Waals surface area contributed by atoms with Crippen molar-refractivity contribution in [3.8, 4) is 0 Å². The molecule has 0 amide bonds. The first-order valence-corrected chi connectivity index (χ1v) is 6.48. The van der Waals surface area contributed by atoms with Gasteiger partial charge < -0.3 is 9.80 Å². The summed E-state index contributed by atoms with van der Waals surface area (Å²) < 4.78 is 2.04. The van der Waals surface area contributed by atoms with Gasteiger partial charge in [0.1, 0.15) is 5.82 Å². The fraction of sp³-hybridized carbons (Fsp3) is 0.462. The summed E-state index contributed by atoms with van der Waals surface area (Å²) in [6, 6.07) is 4.38. The molecule has 6 heteroatoms. The molecule has 1 aliphatic heterocycles. The van der Waals surface area contributed by atoms with E-state index in [2.05, 4.69) is 20.0 Å². The van der Waals surface area contributed by atoms with Crippen LogP contribution in [-0.4, -0.2) is 46.9 Å². The topological polar surface area (TPSA) is 50.1 Å². The molecule has 2 aromatic rings. The quantitative estimate of drug-likeness (QED) is 0.827. The molecule has 0 spiro atoms. The van der Waals surface area contributed by atoms with Crippen LogP contribution in [0.3, 0.4) is 0 Å². The number of aromatic nitrogens is 4. The largest absolute Gasteiger partial charge is 0.354 e. The molecule has 3 rings (SSSR count). The minimum Gasteiger partial charge on any atom is -0.354 e.